The fourth-order valence-corrected chi connectivity index (χ4v) is 4.13. The standard InChI is InChI=1S/C21H24N2O8/c1-12(24)29-11-16-9-21(18(31-14(3)26)17(16)30-13(2)25)19(27)23(20(28)22-21)10-15-7-5-4-6-8-15/h4-8,16-18H,9-11H2,1-3H3,(H,22,28)/t16-,17+,18+,21-/m1/s1. The average molecular weight is 432 g/mol. The summed E-state index contributed by atoms with van der Waals surface area (Å²) >= 11 is 0. The van der Waals surface area contributed by atoms with Crippen LogP contribution in [0, 0.1) is 5.92 Å². The van der Waals surface area contributed by atoms with Crippen molar-refractivity contribution in [2.24, 2.45) is 5.92 Å². The largest absolute Gasteiger partial charge is 0.465 e. The Balaban J connectivity index is 1.95. The summed E-state index contributed by atoms with van der Waals surface area (Å²) in [7, 11) is 0. The number of esters is 3. The van der Waals surface area contributed by atoms with Gasteiger partial charge < -0.3 is 19.5 Å². The average Bonchev–Trinajstić information content (AvgIpc) is 3.09. The molecule has 2 aliphatic rings. The number of nitrogens with one attached hydrogen (secondary N) is 1. The highest BCUT2D eigenvalue weighted by atomic mass is 16.6. The third-order valence-corrected chi connectivity index (χ3v) is 5.31. The minimum absolute atomic E-state index is 0.0207. The van der Waals surface area contributed by atoms with Gasteiger partial charge in [0.15, 0.2) is 11.6 Å². The van der Waals surface area contributed by atoms with Crippen LogP contribution >= 0.6 is 0 Å². The van der Waals surface area contributed by atoms with Gasteiger partial charge in [0.25, 0.3) is 5.91 Å². The van der Waals surface area contributed by atoms with Crippen LogP contribution in [-0.2, 0) is 39.9 Å². The molecular formula is C21H24N2O8. The minimum atomic E-state index is -1.64. The van der Waals surface area contributed by atoms with E-state index in [-0.39, 0.29) is 19.6 Å². The first kappa shape index (κ1) is 22.3. The first-order valence-electron chi connectivity index (χ1n) is 9.80. The molecule has 2 fully saturated rings. The normalized spacial score (nSPS) is 27.2. The van der Waals surface area contributed by atoms with Gasteiger partial charge in [-0.15, -0.1) is 0 Å². The van der Waals surface area contributed by atoms with Gasteiger partial charge in [0, 0.05) is 26.7 Å². The second-order valence-corrected chi connectivity index (χ2v) is 7.65. The van der Waals surface area contributed by atoms with E-state index in [1.54, 1.807) is 24.3 Å². The summed E-state index contributed by atoms with van der Waals surface area (Å²) in [4.78, 5) is 62.1. The van der Waals surface area contributed by atoms with E-state index in [0.717, 1.165) is 17.4 Å². The van der Waals surface area contributed by atoms with Gasteiger partial charge in [-0.3, -0.25) is 24.1 Å². The monoisotopic (exact) mass is 432 g/mol. The molecule has 10 heteroatoms. The lowest BCUT2D eigenvalue weighted by Crippen LogP contribution is -2.57. The summed E-state index contributed by atoms with van der Waals surface area (Å²) in [6.45, 7) is 3.40. The highest BCUT2D eigenvalue weighted by molar-refractivity contribution is 6.08. The maximum absolute atomic E-state index is 13.5. The van der Waals surface area contributed by atoms with Crippen molar-refractivity contribution < 1.29 is 38.2 Å². The van der Waals surface area contributed by atoms with Crippen molar-refractivity contribution in [1.82, 2.24) is 10.2 Å². The summed E-state index contributed by atoms with van der Waals surface area (Å²) in [5.41, 5.74) is -0.902. The Labute approximate surface area is 178 Å². The molecule has 1 aliphatic heterocycles. The summed E-state index contributed by atoms with van der Waals surface area (Å²) in [6, 6.07) is 8.28. The number of carbonyl (C=O) groups excluding carboxylic acids is 5. The van der Waals surface area contributed by atoms with E-state index < -0.39 is 53.5 Å². The smallest absolute Gasteiger partial charge is 0.325 e. The van der Waals surface area contributed by atoms with Crippen molar-refractivity contribution in [2.45, 2.75) is 51.5 Å². The van der Waals surface area contributed by atoms with E-state index in [9.17, 15) is 24.0 Å². The van der Waals surface area contributed by atoms with Crippen LogP contribution in [-0.4, -0.2) is 59.1 Å². The number of hydrogen-bond donors (Lipinski definition) is 1. The fraction of sp³-hybridized carbons (Fsp3) is 0.476. The van der Waals surface area contributed by atoms with Gasteiger partial charge in [-0.25, -0.2) is 4.79 Å². The van der Waals surface area contributed by atoms with Crippen LogP contribution in [0.1, 0.15) is 32.8 Å². The molecule has 1 saturated heterocycles. The molecule has 1 saturated carbocycles. The molecule has 0 bridgehead atoms. The number of carbonyl (C=O) groups is 5. The lowest BCUT2D eigenvalue weighted by molar-refractivity contribution is -0.171. The number of imide groups is 1. The zero-order chi connectivity index (χ0) is 22.8. The van der Waals surface area contributed by atoms with Crippen molar-refractivity contribution in [1.29, 1.82) is 0 Å². The molecular weight excluding hydrogens is 408 g/mol. The van der Waals surface area contributed by atoms with Gasteiger partial charge in [-0.2, -0.15) is 0 Å². The van der Waals surface area contributed by atoms with E-state index in [2.05, 4.69) is 5.32 Å². The molecule has 3 amide bonds. The van der Waals surface area contributed by atoms with Gasteiger partial charge in [-0.1, -0.05) is 30.3 Å². The fourth-order valence-electron chi connectivity index (χ4n) is 4.13. The van der Waals surface area contributed by atoms with E-state index in [0.29, 0.717) is 0 Å². The third-order valence-electron chi connectivity index (χ3n) is 5.31. The molecule has 0 unspecified atom stereocenters. The van der Waals surface area contributed by atoms with Crippen molar-refractivity contribution >= 4 is 29.8 Å². The van der Waals surface area contributed by atoms with E-state index in [1.807, 2.05) is 6.07 Å². The number of hydrogen-bond acceptors (Lipinski definition) is 8. The molecule has 3 rings (SSSR count). The summed E-state index contributed by atoms with van der Waals surface area (Å²) in [5, 5.41) is 2.65. The number of nitrogens with zero attached hydrogens (tertiary/aromatic N) is 1. The van der Waals surface area contributed by atoms with Crippen LogP contribution in [0.3, 0.4) is 0 Å². The topological polar surface area (TPSA) is 128 Å². The Kier molecular flexibility index (Phi) is 6.28. The molecule has 1 N–H and O–H groups in total. The van der Waals surface area contributed by atoms with Crippen LogP contribution in [0.2, 0.25) is 0 Å². The Morgan fingerprint density at radius 3 is 2.26 bits per heavy atom. The molecule has 1 spiro atoms. The molecule has 0 aromatic heterocycles. The van der Waals surface area contributed by atoms with E-state index >= 15 is 0 Å². The first-order chi connectivity index (χ1) is 14.6. The Morgan fingerprint density at radius 2 is 1.68 bits per heavy atom. The van der Waals surface area contributed by atoms with Gasteiger partial charge in [-0.05, 0) is 12.0 Å². The lowest BCUT2D eigenvalue weighted by Gasteiger charge is -2.30. The van der Waals surface area contributed by atoms with E-state index in [4.69, 9.17) is 14.2 Å². The molecule has 166 valence electrons. The quantitative estimate of drug-likeness (QED) is 0.399. The molecule has 31 heavy (non-hydrogen) atoms. The van der Waals surface area contributed by atoms with Crippen LogP contribution in [0.25, 0.3) is 0 Å². The van der Waals surface area contributed by atoms with Crippen LogP contribution in [0.5, 0.6) is 0 Å². The SMILES string of the molecule is CC(=O)OC[C@H]1C[C@@]2(NC(=O)N(Cc3ccccc3)C2=O)[C@@H](OC(C)=O)[C@H]1OC(C)=O. The van der Waals surface area contributed by atoms with Gasteiger partial charge in [0.1, 0.15) is 6.10 Å². The minimum Gasteiger partial charge on any atom is -0.465 e. The summed E-state index contributed by atoms with van der Waals surface area (Å²) in [5.74, 6) is -3.20. The lowest BCUT2D eigenvalue weighted by atomic mass is 9.93. The van der Waals surface area contributed by atoms with Crippen molar-refractivity contribution in [2.75, 3.05) is 6.61 Å². The highest BCUT2D eigenvalue weighted by Gasteiger charge is 2.67. The van der Waals surface area contributed by atoms with Crippen LogP contribution < -0.4 is 5.32 Å². The van der Waals surface area contributed by atoms with Gasteiger partial charge in [0.05, 0.1) is 13.2 Å². The van der Waals surface area contributed by atoms with Crippen molar-refractivity contribution in [3.8, 4) is 0 Å². The Morgan fingerprint density at radius 1 is 1.03 bits per heavy atom. The third kappa shape index (κ3) is 4.52. The van der Waals surface area contributed by atoms with Crippen LogP contribution in [0.15, 0.2) is 30.3 Å². The predicted molar refractivity (Wildman–Crippen MR) is 104 cm³/mol. The van der Waals surface area contributed by atoms with Gasteiger partial charge >= 0.3 is 23.9 Å². The first-order valence-corrected chi connectivity index (χ1v) is 9.80. The Bertz CT molecular complexity index is 902. The van der Waals surface area contributed by atoms with E-state index in [1.165, 1.54) is 13.8 Å². The Hall–Kier alpha value is -3.43. The summed E-state index contributed by atoms with van der Waals surface area (Å²) in [6.07, 6.45) is -2.39. The molecule has 0 radical (unpaired) electrons. The highest BCUT2D eigenvalue weighted by Crippen LogP contribution is 2.43. The number of ether oxygens (including phenoxy) is 3. The maximum atomic E-state index is 13.5. The number of urea groups is 1. The van der Waals surface area contributed by atoms with Gasteiger partial charge in [0.2, 0.25) is 0 Å². The zero-order valence-corrected chi connectivity index (χ0v) is 17.5. The van der Waals surface area contributed by atoms with Crippen LogP contribution in [0.4, 0.5) is 4.79 Å². The van der Waals surface area contributed by atoms with Crippen molar-refractivity contribution in [3.05, 3.63) is 35.9 Å². The molecule has 10 nitrogen and oxygen atoms in total. The number of amides is 3. The number of rotatable bonds is 6. The molecule has 4 atom stereocenters. The molecule has 1 aliphatic carbocycles. The molecule has 1 heterocycles. The predicted octanol–water partition coefficient (Wildman–Crippen LogP) is 0.924. The number of benzene rings is 1. The van der Waals surface area contributed by atoms with Crippen molar-refractivity contribution in [3.63, 3.8) is 0 Å². The maximum Gasteiger partial charge on any atom is 0.325 e. The summed E-state index contributed by atoms with van der Waals surface area (Å²) < 4.78 is 15.8. The zero-order valence-electron chi connectivity index (χ0n) is 17.5. The second kappa shape index (κ2) is 8.75. The molecule has 1 aromatic carbocycles. The molecule has 1 aromatic rings. The second-order valence-electron chi connectivity index (χ2n) is 7.65.